The zero-order valence-electron chi connectivity index (χ0n) is 18.5. The summed E-state index contributed by atoms with van der Waals surface area (Å²) in [4.78, 5) is 26.8. The van der Waals surface area contributed by atoms with Crippen molar-refractivity contribution in [2.24, 2.45) is 16.9 Å². The predicted molar refractivity (Wildman–Crippen MR) is 119 cm³/mol. The van der Waals surface area contributed by atoms with E-state index in [2.05, 4.69) is 10.4 Å². The minimum Gasteiger partial charge on any atom is -0.347 e. The first-order valence-electron chi connectivity index (χ1n) is 11.0. The Morgan fingerprint density at radius 3 is 2.69 bits per heavy atom. The van der Waals surface area contributed by atoms with Gasteiger partial charge in [0, 0.05) is 6.42 Å². The Balaban J connectivity index is 1.75. The Morgan fingerprint density at radius 2 is 2.09 bits per heavy atom. The third-order valence-corrected chi connectivity index (χ3v) is 6.08. The Morgan fingerprint density at radius 1 is 1.38 bits per heavy atom. The van der Waals surface area contributed by atoms with Gasteiger partial charge in [-0.05, 0) is 35.4 Å². The van der Waals surface area contributed by atoms with E-state index in [1.807, 2.05) is 19.9 Å². The van der Waals surface area contributed by atoms with Crippen molar-refractivity contribution in [2.45, 2.75) is 70.1 Å². The summed E-state index contributed by atoms with van der Waals surface area (Å²) in [7, 11) is 0. The van der Waals surface area contributed by atoms with Gasteiger partial charge in [-0.3, -0.25) is 9.59 Å². The number of hydrazone groups is 1. The molecule has 3 rings (SSSR count). The number of carbonyl (C=O) groups is 2. The third-order valence-electron chi connectivity index (χ3n) is 6.08. The summed E-state index contributed by atoms with van der Waals surface area (Å²) in [5, 5.41) is 13.8. The molecule has 1 aliphatic carbocycles. The van der Waals surface area contributed by atoms with Crippen molar-refractivity contribution in [2.75, 3.05) is 6.54 Å². The molecule has 1 aromatic carbocycles. The molecule has 174 valence electrons. The molecular weight excluding hydrogens is 416 g/mol. The van der Waals surface area contributed by atoms with Crippen molar-refractivity contribution >= 4 is 23.7 Å². The third kappa shape index (κ3) is 5.89. The molecule has 0 radical (unpaired) electrons. The standard InChI is InChI=1S/C23H31F2N5O2/c1-13(2)18-6-5-15(8-19(18)25)20(7-14-3-4-14)29-23(32)21-9-16(24)12-30(21)22(31)10-17(26)11-28-27/h5-6,8,11,13-14,16,20-21,26H,3-4,7,9-10,12,27H2,1-2H3,(H,29,32)/t16-,20?,21+/m1/s1. The van der Waals surface area contributed by atoms with Gasteiger partial charge >= 0.3 is 0 Å². The van der Waals surface area contributed by atoms with Gasteiger partial charge < -0.3 is 21.5 Å². The molecule has 2 aliphatic rings. The fraction of sp³-hybridized carbons (Fsp3) is 0.565. The molecule has 1 saturated heterocycles. The average molecular weight is 448 g/mol. The SMILES string of the molecule is CC(C)c1ccc(C(CC2CC2)NC(=O)[C@@H]2C[C@@H](F)CN2C(=O)CC(=N)C=NN)cc1F. The van der Waals surface area contributed by atoms with Gasteiger partial charge in [0.15, 0.2) is 0 Å². The molecule has 0 spiro atoms. The van der Waals surface area contributed by atoms with E-state index in [1.54, 1.807) is 6.07 Å². The molecular formula is C23H31F2N5O2. The normalized spacial score (nSPS) is 21.8. The highest BCUT2D eigenvalue weighted by Gasteiger charge is 2.41. The summed E-state index contributed by atoms with van der Waals surface area (Å²) in [5.41, 5.74) is 1.16. The molecule has 2 amide bonds. The fourth-order valence-electron chi connectivity index (χ4n) is 4.17. The van der Waals surface area contributed by atoms with E-state index in [0.29, 0.717) is 23.5 Å². The van der Waals surface area contributed by atoms with Crippen molar-refractivity contribution in [3.8, 4) is 0 Å². The highest BCUT2D eigenvalue weighted by molar-refractivity contribution is 6.33. The first-order valence-corrected chi connectivity index (χ1v) is 11.0. The van der Waals surface area contributed by atoms with Crippen LogP contribution in [0.15, 0.2) is 23.3 Å². The van der Waals surface area contributed by atoms with Crippen molar-refractivity contribution in [3.63, 3.8) is 0 Å². The van der Waals surface area contributed by atoms with Crippen LogP contribution in [0, 0.1) is 17.1 Å². The number of likely N-dealkylation sites (tertiary alicyclic amines) is 1. The van der Waals surface area contributed by atoms with Crippen LogP contribution in [0.5, 0.6) is 0 Å². The monoisotopic (exact) mass is 447 g/mol. The molecule has 4 N–H and O–H groups in total. The fourth-order valence-corrected chi connectivity index (χ4v) is 4.17. The molecule has 1 aliphatic heterocycles. The van der Waals surface area contributed by atoms with E-state index in [9.17, 15) is 18.4 Å². The molecule has 1 saturated carbocycles. The maximum absolute atomic E-state index is 14.6. The highest BCUT2D eigenvalue weighted by atomic mass is 19.1. The van der Waals surface area contributed by atoms with Crippen LogP contribution in [0.1, 0.15) is 69.0 Å². The van der Waals surface area contributed by atoms with E-state index in [0.717, 1.165) is 19.1 Å². The molecule has 7 nitrogen and oxygen atoms in total. The quantitative estimate of drug-likeness (QED) is 0.307. The van der Waals surface area contributed by atoms with Gasteiger partial charge in [0.25, 0.3) is 0 Å². The van der Waals surface area contributed by atoms with Gasteiger partial charge in [-0.1, -0.05) is 38.8 Å². The largest absolute Gasteiger partial charge is 0.347 e. The van der Waals surface area contributed by atoms with E-state index in [1.165, 1.54) is 11.0 Å². The molecule has 9 heteroatoms. The lowest BCUT2D eigenvalue weighted by atomic mass is 9.95. The van der Waals surface area contributed by atoms with Crippen molar-refractivity contribution < 1.29 is 18.4 Å². The second kappa shape index (κ2) is 10.2. The van der Waals surface area contributed by atoms with Crippen LogP contribution in [0.2, 0.25) is 0 Å². The second-order valence-corrected chi connectivity index (χ2v) is 9.05. The topological polar surface area (TPSA) is 112 Å². The molecule has 2 fully saturated rings. The molecule has 3 atom stereocenters. The minimum atomic E-state index is -1.32. The number of nitrogens with one attached hydrogen (secondary N) is 2. The van der Waals surface area contributed by atoms with Gasteiger partial charge in [-0.2, -0.15) is 5.10 Å². The summed E-state index contributed by atoms with van der Waals surface area (Å²) < 4.78 is 28.8. The Labute approximate surface area is 186 Å². The molecule has 0 aromatic heterocycles. The molecule has 1 heterocycles. The summed E-state index contributed by atoms with van der Waals surface area (Å²) >= 11 is 0. The lowest BCUT2D eigenvalue weighted by Gasteiger charge is -2.27. The van der Waals surface area contributed by atoms with Gasteiger partial charge in [0.05, 0.1) is 30.9 Å². The van der Waals surface area contributed by atoms with Gasteiger partial charge in [-0.15, -0.1) is 0 Å². The Kier molecular flexibility index (Phi) is 7.58. The predicted octanol–water partition coefficient (Wildman–Crippen LogP) is 3.20. The van der Waals surface area contributed by atoms with Gasteiger partial charge in [0.2, 0.25) is 11.8 Å². The van der Waals surface area contributed by atoms with Crippen LogP contribution in [0.3, 0.4) is 0 Å². The van der Waals surface area contributed by atoms with Crippen LogP contribution in [0.4, 0.5) is 8.78 Å². The second-order valence-electron chi connectivity index (χ2n) is 9.05. The summed E-state index contributed by atoms with van der Waals surface area (Å²) in [6, 6.07) is 3.65. The number of halogens is 2. The number of rotatable bonds is 9. The maximum atomic E-state index is 14.6. The number of nitrogens with two attached hydrogens (primary N) is 1. The van der Waals surface area contributed by atoms with Crippen LogP contribution >= 0.6 is 0 Å². The van der Waals surface area contributed by atoms with Crippen LogP contribution in [-0.4, -0.2) is 47.4 Å². The number of hydrogen-bond donors (Lipinski definition) is 3. The first kappa shape index (κ1) is 23.8. The van der Waals surface area contributed by atoms with Crippen molar-refractivity contribution in [1.29, 1.82) is 5.41 Å². The van der Waals surface area contributed by atoms with Crippen LogP contribution in [-0.2, 0) is 9.59 Å². The molecule has 0 bridgehead atoms. The molecule has 32 heavy (non-hydrogen) atoms. The molecule has 1 unspecified atom stereocenters. The van der Waals surface area contributed by atoms with Crippen LogP contribution in [0.25, 0.3) is 0 Å². The van der Waals surface area contributed by atoms with Gasteiger partial charge in [-0.25, -0.2) is 8.78 Å². The van der Waals surface area contributed by atoms with Crippen LogP contribution < -0.4 is 11.2 Å². The lowest BCUT2D eigenvalue weighted by Crippen LogP contribution is -2.47. The Bertz CT molecular complexity index is 900. The summed E-state index contributed by atoms with van der Waals surface area (Å²) in [6.45, 7) is 3.63. The summed E-state index contributed by atoms with van der Waals surface area (Å²) in [6.07, 6.45) is 2.09. The maximum Gasteiger partial charge on any atom is 0.243 e. The van der Waals surface area contributed by atoms with Crippen molar-refractivity contribution in [3.05, 3.63) is 35.1 Å². The first-order chi connectivity index (χ1) is 15.2. The number of carbonyl (C=O) groups excluding carboxylic acids is 2. The smallest absolute Gasteiger partial charge is 0.243 e. The van der Waals surface area contributed by atoms with Crippen molar-refractivity contribution in [1.82, 2.24) is 10.2 Å². The zero-order chi connectivity index (χ0) is 23.4. The average Bonchev–Trinajstić information content (AvgIpc) is 3.45. The van der Waals surface area contributed by atoms with Gasteiger partial charge in [0.1, 0.15) is 18.0 Å². The number of amides is 2. The summed E-state index contributed by atoms with van der Waals surface area (Å²) in [5.74, 6) is 4.20. The molecule has 1 aromatic rings. The van der Waals surface area contributed by atoms with E-state index in [4.69, 9.17) is 11.3 Å². The van der Waals surface area contributed by atoms with E-state index < -0.39 is 30.1 Å². The number of benzene rings is 1. The number of nitrogens with zero attached hydrogens (tertiary/aromatic N) is 2. The lowest BCUT2D eigenvalue weighted by molar-refractivity contribution is -0.138. The zero-order valence-corrected chi connectivity index (χ0v) is 18.5. The number of alkyl halides is 1. The minimum absolute atomic E-state index is 0.0446. The van der Waals surface area contributed by atoms with E-state index in [-0.39, 0.29) is 36.8 Å². The van der Waals surface area contributed by atoms with E-state index >= 15 is 0 Å². The number of hydrogen-bond acceptors (Lipinski definition) is 5. The highest BCUT2D eigenvalue weighted by Crippen LogP contribution is 2.38. The Hall–Kier alpha value is -2.84.